The number of aromatic amines is 1. The number of nitrogens with zero attached hydrogens (tertiary/aromatic N) is 3. The molecule has 0 unspecified atom stereocenters. The number of rotatable bonds is 2. The van der Waals surface area contributed by atoms with Crippen molar-refractivity contribution in [2.45, 2.75) is 25.9 Å². The van der Waals surface area contributed by atoms with Crippen LogP contribution in [0.5, 0.6) is 0 Å². The lowest BCUT2D eigenvalue weighted by atomic mass is 10.1. The lowest BCUT2D eigenvalue weighted by Gasteiger charge is -2.08. The number of fused-ring (bicyclic) bond motifs is 1. The first kappa shape index (κ1) is 20.1. The van der Waals surface area contributed by atoms with E-state index in [0.29, 0.717) is 11.2 Å². The third-order valence-corrected chi connectivity index (χ3v) is 3.56. The fraction of sp³-hybridized carbons (Fsp3) is 0.294. The molecule has 0 saturated heterocycles. The minimum absolute atomic E-state index is 0.0931. The number of benzene rings is 1. The Balaban J connectivity index is 0.000000321. The number of aryl methyl sites for hydroxylation is 1. The number of H-pyrrole nitrogens is 1. The van der Waals surface area contributed by atoms with Crippen molar-refractivity contribution in [1.29, 1.82) is 0 Å². The minimum atomic E-state index is -5.08. The van der Waals surface area contributed by atoms with Crippen molar-refractivity contribution in [2.75, 3.05) is 0 Å². The Hall–Kier alpha value is -3.17. The first-order valence-electron chi connectivity index (χ1n) is 7.82. The van der Waals surface area contributed by atoms with Crippen molar-refractivity contribution < 1.29 is 23.1 Å². The number of hydrogen-bond acceptors (Lipinski definition) is 4. The van der Waals surface area contributed by atoms with Gasteiger partial charge in [-0.25, -0.2) is 9.78 Å². The van der Waals surface area contributed by atoms with Crippen LogP contribution in [0.2, 0.25) is 0 Å². The molecule has 0 spiro atoms. The van der Waals surface area contributed by atoms with E-state index in [4.69, 9.17) is 9.90 Å². The molecule has 0 atom stereocenters. The maximum absolute atomic E-state index is 12.2. The second-order valence-corrected chi connectivity index (χ2v) is 6.01. The summed E-state index contributed by atoms with van der Waals surface area (Å²) >= 11 is 0. The van der Waals surface area contributed by atoms with Gasteiger partial charge in [-0.05, 0) is 6.07 Å². The molecule has 2 N–H and O–H groups in total. The van der Waals surface area contributed by atoms with Crippen LogP contribution in [-0.4, -0.2) is 37.0 Å². The predicted molar refractivity (Wildman–Crippen MR) is 92.3 cm³/mol. The van der Waals surface area contributed by atoms with E-state index in [0.717, 1.165) is 16.6 Å². The predicted octanol–water partition coefficient (Wildman–Crippen LogP) is 3.08. The number of halogens is 3. The first-order chi connectivity index (χ1) is 12.5. The van der Waals surface area contributed by atoms with Gasteiger partial charge in [0.2, 0.25) is 0 Å². The van der Waals surface area contributed by atoms with E-state index >= 15 is 0 Å². The molecule has 10 heteroatoms. The summed E-state index contributed by atoms with van der Waals surface area (Å²) in [7, 11) is 1.87. The molecule has 3 rings (SSSR count). The van der Waals surface area contributed by atoms with Crippen LogP contribution in [0, 0.1) is 0 Å². The van der Waals surface area contributed by atoms with Gasteiger partial charge in [0.15, 0.2) is 0 Å². The average molecular weight is 382 g/mol. The van der Waals surface area contributed by atoms with Gasteiger partial charge in [0, 0.05) is 30.3 Å². The topological polar surface area (TPSA) is 101 Å². The van der Waals surface area contributed by atoms with E-state index in [-0.39, 0.29) is 11.5 Å². The molecule has 0 aliphatic carbocycles. The molecule has 0 aliphatic heterocycles. The number of nitrogens with one attached hydrogen (secondary N) is 1. The number of carboxylic acid groups (broad SMARTS) is 1. The number of hydrogen-bond donors (Lipinski definition) is 2. The van der Waals surface area contributed by atoms with Crippen molar-refractivity contribution >= 4 is 16.9 Å². The highest BCUT2D eigenvalue weighted by atomic mass is 19.4. The summed E-state index contributed by atoms with van der Waals surface area (Å²) in [6.45, 7) is 4.02. The van der Waals surface area contributed by atoms with Crippen LogP contribution in [-0.2, 0) is 11.8 Å². The zero-order chi connectivity index (χ0) is 20.4. The van der Waals surface area contributed by atoms with Gasteiger partial charge in [-0.3, -0.25) is 9.48 Å². The largest absolute Gasteiger partial charge is 0.490 e. The summed E-state index contributed by atoms with van der Waals surface area (Å²) < 4.78 is 33.5. The number of aliphatic carboxylic acids is 1. The van der Waals surface area contributed by atoms with Crippen LogP contribution in [0.1, 0.15) is 25.6 Å². The monoisotopic (exact) mass is 382 g/mol. The van der Waals surface area contributed by atoms with Crippen LogP contribution < -0.4 is 5.56 Å². The van der Waals surface area contributed by atoms with Crippen molar-refractivity contribution in [3.63, 3.8) is 0 Å². The van der Waals surface area contributed by atoms with Crippen LogP contribution in [0.25, 0.3) is 22.0 Å². The van der Waals surface area contributed by atoms with Gasteiger partial charge in [0.25, 0.3) is 5.56 Å². The van der Waals surface area contributed by atoms with Crippen LogP contribution in [0.4, 0.5) is 13.2 Å². The molecule has 2 aromatic heterocycles. The number of para-hydroxylation sites is 1. The third-order valence-electron chi connectivity index (χ3n) is 3.56. The average Bonchev–Trinajstić information content (AvgIpc) is 3.00. The Labute approximate surface area is 151 Å². The molecule has 27 heavy (non-hydrogen) atoms. The summed E-state index contributed by atoms with van der Waals surface area (Å²) in [5.74, 6) is -1.87. The van der Waals surface area contributed by atoms with E-state index in [9.17, 15) is 18.0 Å². The Morgan fingerprint density at radius 2 is 1.93 bits per heavy atom. The second-order valence-electron chi connectivity index (χ2n) is 6.01. The van der Waals surface area contributed by atoms with Gasteiger partial charge >= 0.3 is 12.1 Å². The lowest BCUT2D eigenvalue weighted by molar-refractivity contribution is -0.192. The van der Waals surface area contributed by atoms with Gasteiger partial charge in [0.1, 0.15) is 5.82 Å². The van der Waals surface area contributed by atoms with Gasteiger partial charge in [-0.1, -0.05) is 26.0 Å². The summed E-state index contributed by atoms with van der Waals surface area (Å²) in [6.07, 6.45) is -1.38. The number of alkyl halides is 3. The van der Waals surface area contributed by atoms with E-state index in [1.807, 2.05) is 39.2 Å². The highest BCUT2D eigenvalue weighted by Crippen LogP contribution is 2.26. The molecule has 0 bridgehead atoms. The zero-order valence-corrected chi connectivity index (χ0v) is 14.7. The van der Waals surface area contributed by atoms with Crippen LogP contribution in [0.15, 0.2) is 35.4 Å². The normalized spacial score (nSPS) is 11.4. The molecule has 0 radical (unpaired) electrons. The molecule has 3 aromatic rings. The standard InChI is InChI=1S/C15H16N4O.C2HF3O2/c1-9(2)14-17-13-11(10-7-16-19(3)8-10)5-4-6-12(13)15(20)18-14;3-2(4,5)1(6)7/h4-9H,1-3H3,(H,17,18,20);(H,6,7). The Morgan fingerprint density at radius 1 is 1.30 bits per heavy atom. The van der Waals surface area contributed by atoms with Gasteiger partial charge in [-0.2, -0.15) is 18.3 Å². The highest BCUT2D eigenvalue weighted by Gasteiger charge is 2.38. The molecule has 2 heterocycles. The van der Waals surface area contributed by atoms with Gasteiger partial charge in [0.05, 0.1) is 17.1 Å². The van der Waals surface area contributed by atoms with Crippen molar-refractivity contribution in [3.8, 4) is 11.1 Å². The van der Waals surface area contributed by atoms with E-state index in [1.165, 1.54) is 0 Å². The summed E-state index contributed by atoms with van der Waals surface area (Å²) in [6, 6.07) is 5.64. The molecule has 0 aliphatic rings. The smallest absolute Gasteiger partial charge is 0.475 e. The quantitative estimate of drug-likeness (QED) is 0.709. The van der Waals surface area contributed by atoms with Crippen molar-refractivity contribution in [2.24, 2.45) is 7.05 Å². The second kappa shape index (κ2) is 7.60. The molecule has 0 saturated carbocycles. The summed E-state index contributed by atoms with van der Waals surface area (Å²) in [5.41, 5.74) is 2.53. The number of aromatic nitrogens is 4. The molecular formula is C17H17F3N4O3. The summed E-state index contributed by atoms with van der Waals surface area (Å²) in [4.78, 5) is 28.5. The molecule has 0 fully saturated rings. The molecule has 1 aromatic carbocycles. The highest BCUT2D eigenvalue weighted by molar-refractivity contribution is 5.92. The number of carboxylic acids is 1. The third kappa shape index (κ3) is 4.72. The van der Waals surface area contributed by atoms with Crippen LogP contribution >= 0.6 is 0 Å². The number of carbonyl (C=O) groups is 1. The molecule has 144 valence electrons. The Morgan fingerprint density at radius 3 is 2.41 bits per heavy atom. The Kier molecular flexibility index (Phi) is 5.67. The first-order valence-corrected chi connectivity index (χ1v) is 7.82. The van der Waals surface area contributed by atoms with Crippen LogP contribution in [0.3, 0.4) is 0 Å². The SMILES string of the molecule is CC(C)c1nc2c(-c3cnn(C)c3)cccc2c(=O)[nH]1.O=C(O)C(F)(F)F. The van der Waals surface area contributed by atoms with Crippen molar-refractivity contribution in [1.82, 2.24) is 19.7 Å². The maximum Gasteiger partial charge on any atom is 0.490 e. The maximum atomic E-state index is 12.2. The fourth-order valence-corrected chi connectivity index (χ4v) is 2.25. The van der Waals surface area contributed by atoms with Gasteiger partial charge in [-0.15, -0.1) is 0 Å². The fourth-order valence-electron chi connectivity index (χ4n) is 2.25. The molecule has 7 nitrogen and oxygen atoms in total. The van der Waals surface area contributed by atoms with E-state index in [1.54, 1.807) is 16.9 Å². The lowest BCUT2D eigenvalue weighted by Crippen LogP contribution is -2.21. The zero-order valence-electron chi connectivity index (χ0n) is 14.7. The minimum Gasteiger partial charge on any atom is -0.475 e. The summed E-state index contributed by atoms with van der Waals surface area (Å²) in [5, 5.41) is 11.9. The Bertz CT molecular complexity index is 1020. The van der Waals surface area contributed by atoms with Gasteiger partial charge < -0.3 is 10.1 Å². The van der Waals surface area contributed by atoms with Crippen molar-refractivity contribution in [3.05, 3.63) is 46.8 Å². The van der Waals surface area contributed by atoms with E-state index < -0.39 is 12.1 Å². The molecule has 0 amide bonds. The molecular weight excluding hydrogens is 365 g/mol. The van der Waals surface area contributed by atoms with E-state index in [2.05, 4.69) is 15.1 Å².